The molecule has 0 spiro atoms. The zero-order valence-electron chi connectivity index (χ0n) is 12.4. The van der Waals surface area contributed by atoms with Crippen LogP contribution in [0.15, 0.2) is 36.4 Å². The molecule has 3 aromatic rings. The molecule has 0 radical (unpaired) electrons. The molecule has 1 aromatic heterocycles. The highest BCUT2D eigenvalue weighted by atomic mass is 35.5. The Kier molecular flexibility index (Phi) is 4.08. The van der Waals surface area contributed by atoms with Crippen LogP contribution in [-0.4, -0.2) is 23.2 Å². The van der Waals surface area contributed by atoms with Crippen LogP contribution in [-0.2, 0) is 6.54 Å². The number of nitrogens with zero attached hydrogens (tertiary/aromatic N) is 1. The smallest absolute Gasteiger partial charge is 0.251 e. The Labute approximate surface area is 137 Å². The molecule has 4 N–H and O–H groups in total. The number of nitrogens with two attached hydrogens (primary N) is 1. The van der Waals surface area contributed by atoms with Crippen LogP contribution in [0.4, 0.5) is 5.82 Å². The summed E-state index contributed by atoms with van der Waals surface area (Å²) in [5, 5.41) is 10.8. The molecule has 0 aliphatic rings. The highest BCUT2D eigenvalue weighted by Crippen LogP contribution is 2.25. The molecule has 0 atom stereocenters. The third-order valence-corrected chi connectivity index (χ3v) is 3.82. The van der Waals surface area contributed by atoms with Gasteiger partial charge in [0, 0.05) is 17.5 Å². The molecule has 0 saturated heterocycles. The lowest BCUT2D eigenvalue weighted by atomic mass is 10.1. The van der Waals surface area contributed by atoms with Crippen molar-refractivity contribution < 1.29 is 9.53 Å². The van der Waals surface area contributed by atoms with Crippen molar-refractivity contribution in [2.45, 2.75) is 6.54 Å². The lowest BCUT2D eigenvalue weighted by Crippen LogP contribution is -2.22. The van der Waals surface area contributed by atoms with E-state index < -0.39 is 0 Å². The second kappa shape index (κ2) is 6.18. The third-order valence-electron chi connectivity index (χ3n) is 3.52. The molecule has 1 amide bonds. The van der Waals surface area contributed by atoms with Crippen LogP contribution in [0.5, 0.6) is 5.75 Å². The van der Waals surface area contributed by atoms with E-state index in [-0.39, 0.29) is 5.91 Å². The number of carbonyl (C=O) groups is 1. The predicted octanol–water partition coefficient (Wildman–Crippen LogP) is 2.74. The van der Waals surface area contributed by atoms with Gasteiger partial charge in [-0.15, -0.1) is 0 Å². The Hall–Kier alpha value is -2.73. The van der Waals surface area contributed by atoms with Crippen molar-refractivity contribution in [3.05, 3.63) is 52.5 Å². The predicted molar refractivity (Wildman–Crippen MR) is 89.7 cm³/mol. The maximum absolute atomic E-state index is 12.3. The van der Waals surface area contributed by atoms with E-state index in [0.29, 0.717) is 28.7 Å². The Bertz CT molecular complexity index is 876. The molecule has 2 aromatic carbocycles. The van der Waals surface area contributed by atoms with Crippen LogP contribution in [0.25, 0.3) is 10.9 Å². The van der Waals surface area contributed by atoms with Gasteiger partial charge in [-0.3, -0.25) is 9.89 Å². The van der Waals surface area contributed by atoms with Gasteiger partial charge in [0.25, 0.3) is 5.91 Å². The number of nitrogens with one attached hydrogen (secondary N) is 2. The van der Waals surface area contributed by atoms with Gasteiger partial charge in [0.1, 0.15) is 5.75 Å². The molecule has 3 rings (SSSR count). The van der Waals surface area contributed by atoms with Crippen molar-refractivity contribution in [1.82, 2.24) is 15.5 Å². The minimum Gasteiger partial charge on any atom is -0.495 e. The molecule has 0 saturated carbocycles. The first-order chi connectivity index (χ1) is 11.1. The number of benzene rings is 2. The number of hydrogen-bond donors (Lipinski definition) is 3. The summed E-state index contributed by atoms with van der Waals surface area (Å²) in [4.78, 5) is 12.3. The lowest BCUT2D eigenvalue weighted by molar-refractivity contribution is 0.0951. The number of ether oxygens (including phenoxy) is 1. The number of anilines is 1. The molecular weight excluding hydrogens is 316 g/mol. The quantitative estimate of drug-likeness (QED) is 0.685. The van der Waals surface area contributed by atoms with Gasteiger partial charge in [-0.2, -0.15) is 5.10 Å². The zero-order chi connectivity index (χ0) is 16.4. The largest absolute Gasteiger partial charge is 0.495 e. The van der Waals surface area contributed by atoms with E-state index in [0.717, 1.165) is 16.5 Å². The van der Waals surface area contributed by atoms with E-state index in [1.54, 1.807) is 37.4 Å². The standard InChI is InChI=1S/C16H15ClN4O2/c1-23-14-5-2-9(6-12(14)17)8-19-16(22)10-3-4-13-11(7-10)15(18)21-20-13/h2-7H,8H2,1H3,(H,19,22)(H3,18,20,21). The fraction of sp³-hybridized carbons (Fsp3) is 0.125. The number of rotatable bonds is 4. The summed E-state index contributed by atoms with van der Waals surface area (Å²) in [5.41, 5.74) is 7.95. The number of methoxy groups -OCH3 is 1. The molecule has 118 valence electrons. The molecule has 0 bridgehead atoms. The Morgan fingerprint density at radius 1 is 1.35 bits per heavy atom. The van der Waals surface area contributed by atoms with E-state index in [1.165, 1.54) is 0 Å². The van der Waals surface area contributed by atoms with Crippen LogP contribution >= 0.6 is 11.6 Å². The summed E-state index contributed by atoms with van der Waals surface area (Å²) in [5.74, 6) is 0.777. The first-order valence-electron chi connectivity index (χ1n) is 6.92. The van der Waals surface area contributed by atoms with Crippen molar-refractivity contribution in [2.24, 2.45) is 0 Å². The minimum absolute atomic E-state index is 0.195. The van der Waals surface area contributed by atoms with Crippen molar-refractivity contribution >= 4 is 34.2 Å². The Balaban J connectivity index is 1.73. The van der Waals surface area contributed by atoms with Crippen LogP contribution in [0.2, 0.25) is 5.02 Å². The molecule has 7 heteroatoms. The number of amides is 1. The second-order valence-electron chi connectivity index (χ2n) is 5.02. The van der Waals surface area contributed by atoms with Crippen molar-refractivity contribution in [2.75, 3.05) is 12.8 Å². The monoisotopic (exact) mass is 330 g/mol. The zero-order valence-corrected chi connectivity index (χ0v) is 13.1. The average molecular weight is 331 g/mol. The van der Waals surface area contributed by atoms with Gasteiger partial charge in [-0.1, -0.05) is 17.7 Å². The molecule has 23 heavy (non-hydrogen) atoms. The maximum Gasteiger partial charge on any atom is 0.251 e. The van der Waals surface area contributed by atoms with Gasteiger partial charge in [-0.05, 0) is 35.9 Å². The summed E-state index contributed by atoms with van der Waals surface area (Å²) in [6, 6.07) is 10.6. The molecule has 0 fully saturated rings. The van der Waals surface area contributed by atoms with Crippen LogP contribution in [0.3, 0.4) is 0 Å². The van der Waals surface area contributed by atoms with Gasteiger partial charge >= 0.3 is 0 Å². The highest BCUT2D eigenvalue weighted by Gasteiger charge is 2.10. The number of halogens is 1. The number of H-pyrrole nitrogens is 1. The normalized spacial score (nSPS) is 10.7. The third kappa shape index (κ3) is 3.07. The molecule has 0 unspecified atom stereocenters. The number of carbonyl (C=O) groups excluding carboxylic acids is 1. The highest BCUT2D eigenvalue weighted by molar-refractivity contribution is 6.32. The topological polar surface area (TPSA) is 93.0 Å². The number of hydrogen-bond acceptors (Lipinski definition) is 4. The molecule has 0 aliphatic heterocycles. The summed E-state index contributed by atoms with van der Waals surface area (Å²) in [6.45, 7) is 0.363. The van der Waals surface area contributed by atoms with Gasteiger partial charge in [0.05, 0.1) is 17.6 Å². The van der Waals surface area contributed by atoms with E-state index in [9.17, 15) is 4.79 Å². The van der Waals surface area contributed by atoms with E-state index >= 15 is 0 Å². The van der Waals surface area contributed by atoms with Crippen molar-refractivity contribution in [3.8, 4) is 5.75 Å². The Morgan fingerprint density at radius 3 is 2.91 bits per heavy atom. The summed E-state index contributed by atoms with van der Waals surface area (Å²) in [7, 11) is 1.56. The SMILES string of the molecule is COc1ccc(CNC(=O)c2ccc3[nH]nc(N)c3c2)cc1Cl. The van der Waals surface area contributed by atoms with Crippen LogP contribution in [0.1, 0.15) is 15.9 Å². The molecule has 0 aliphatic carbocycles. The fourth-order valence-electron chi connectivity index (χ4n) is 2.28. The van der Waals surface area contributed by atoms with E-state index in [1.807, 2.05) is 6.07 Å². The first kappa shape index (κ1) is 15.2. The number of aromatic nitrogens is 2. The van der Waals surface area contributed by atoms with Gasteiger partial charge in [0.2, 0.25) is 0 Å². The Morgan fingerprint density at radius 2 is 2.17 bits per heavy atom. The van der Waals surface area contributed by atoms with Crippen molar-refractivity contribution in [3.63, 3.8) is 0 Å². The summed E-state index contributed by atoms with van der Waals surface area (Å²) in [6.07, 6.45) is 0. The van der Waals surface area contributed by atoms with E-state index in [4.69, 9.17) is 22.1 Å². The molecular formula is C16H15ClN4O2. The molecule has 1 heterocycles. The average Bonchev–Trinajstić information content (AvgIpc) is 2.93. The first-order valence-corrected chi connectivity index (χ1v) is 7.30. The number of nitrogen functional groups attached to an aromatic ring is 1. The van der Waals surface area contributed by atoms with Gasteiger partial charge < -0.3 is 15.8 Å². The van der Waals surface area contributed by atoms with Crippen molar-refractivity contribution in [1.29, 1.82) is 0 Å². The summed E-state index contributed by atoms with van der Waals surface area (Å²) >= 11 is 6.07. The second-order valence-corrected chi connectivity index (χ2v) is 5.43. The molecule has 6 nitrogen and oxygen atoms in total. The van der Waals surface area contributed by atoms with Crippen LogP contribution < -0.4 is 15.8 Å². The van der Waals surface area contributed by atoms with Crippen LogP contribution in [0, 0.1) is 0 Å². The summed E-state index contributed by atoms with van der Waals surface area (Å²) < 4.78 is 5.10. The van der Waals surface area contributed by atoms with Gasteiger partial charge in [-0.25, -0.2) is 0 Å². The fourth-order valence-corrected chi connectivity index (χ4v) is 2.56. The van der Waals surface area contributed by atoms with Gasteiger partial charge in [0.15, 0.2) is 5.82 Å². The number of aromatic amines is 1. The maximum atomic E-state index is 12.3. The van der Waals surface area contributed by atoms with E-state index in [2.05, 4.69) is 15.5 Å². The minimum atomic E-state index is -0.195. The lowest BCUT2D eigenvalue weighted by Gasteiger charge is -2.08. The number of fused-ring (bicyclic) bond motifs is 1.